The molecule has 0 N–H and O–H groups in total. The minimum Gasteiger partial charge on any atom is -0.301 e. The fourth-order valence-corrected chi connectivity index (χ4v) is 2.27. The van der Waals surface area contributed by atoms with E-state index in [1.807, 2.05) is 12.3 Å². The Hall–Kier alpha value is -0.900. The quantitative estimate of drug-likeness (QED) is 0.760. The van der Waals surface area contributed by atoms with Crippen molar-refractivity contribution in [3.8, 4) is 0 Å². The Morgan fingerprint density at radius 1 is 1.47 bits per heavy atom. The fraction of sp³-hybridized carbons (Fsp3) is 0.727. The summed E-state index contributed by atoms with van der Waals surface area (Å²) in [4.78, 5) is 2.19. The second-order valence-electron chi connectivity index (χ2n) is 4.18. The molecule has 0 aromatic carbocycles. The molecule has 3 nitrogen and oxygen atoms in total. The van der Waals surface area contributed by atoms with Crippen molar-refractivity contribution < 1.29 is 4.39 Å². The molecule has 1 aromatic heterocycles. The molecule has 84 valence electrons. The molecule has 15 heavy (non-hydrogen) atoms. The number of hydrogen-bond acceptors (Lipinski definition) is 2. The van der Waals surface area contributed by atoms with Crippen LogP contribution >= 0.6 is 0 Å². The SMILES string of the molecule is Cc1ccnn1C1CCN(CCF)CC1. The van der Waals surface area contributed by atoms with E-state index in [1.54, 1.807) is 0 Å². The number of alkyl halides is 1. The first kappa shape index (κ1) is 10.6. The molecule has 1 saturated heterocycles. The summed E-state index contributed by atoms with van der Waals surface area (Å²) in [6.45, 7) is 4.43. The highest BCUT2D eigenvalue weighted by molar-refractivity contribution is 4.99. The first-order valence-corrected chi connectivity index (χ1v) is 5.59. The van der Waals surface area contributed by atoms with Crippen LogP contribution in [0.3, 0.4) is 0 Å². The van der Waals surface area contributed by atoms with Gasteiger partial charge in [0.1, 0.15) is 6.67 Å². The highest BCUT2D eigenvalue weighted by Gasteiger charge is 2.21. The van der Waals surface area contributed by atoms with E-state index in [0.29, 0.717) is 12.6 Å². The van der Waals surface area contributed by atoms with E-state index in [-0.39, 0.29) is 6.67 Å². The van der Waals surface area contributed by atoms with Gasteiger partial charge >= 0.3 is 0 Å². The summed E-state index contributed by atoms with van der Waals surface area (Å²) >= 11 is 0. The molecule has 0 amide bonds. The van der Waals surface area contributed by atoms with Gasteiger partial charge in [-0.15, -0.1) is 0 Å². The summed E-state index contributed by atoms with van der Waals surface area (Å²) in [5.41, 5.74) is 1.22. The molecule has 4 heteroatoms. The predicted molar refractivity (Wildman–Crippen MR) is 57.7 cm³/mol. The van der Waals surface area contributed by atoms with Gasteiger partial charge in [0.15, 0.2) is 0 Å². The van der Waals surface area contributed by atoms with Crippen LogP contribution < -0.4 is 0 Å². The lowest BCUT2D eigenvalue weighted by molar-refractivity contribution is 0.168. The van der Waals surface area contributed by atoms with Gasteiger partial charge in [0, 0.05) is 31.5 Å². The van der Waals surface area contributed by atoms with Crippen LogP contribution in [0, 0.1) is 6.92 Å². The van der Waals surface area contributed by atoms with Gasteiger partial charge in [-0.25, -0.2) is 4.39 Å². The second kappa shape index (κ2) is 4.75. The Bertz CT molecular complexity index is 303. The number of likely N-dealkylation sites (tertiary alicyclic amines) is 1. The number of rotatable bonds is 3. The molecule has 1 aliphatic heterocycles. The van der Waals surface area contributed by atoms with Gasteiger partial charge in [-0.05, 0) is 25.8 Å². The van der Waals surface area contributed by atoms with Crippen LogP contribution in [0.4, 0.5) is 4.39 Å². The molecule has 0 atom stereocenters. The Balaban J connectivity index is 1.91. The molecular weight excluding hydrogens is 193 g/mol. The maximum Gasteiger partial charge on any atom is 0.102 e. The van der Waals surface area contributed by atoms with Gasteiger partial charge in [-0.1, -0.05) is 0 Å². The van der Waals surface area contributed by atoms with E-state index in [1.165, 1.54) is 5.69 Å². The summed E-state index contributed by atoms with van der Waals surface area (Å²) in [7, 11) is 0. The molecule has 2 rings (SSSR count). The zero-order chi connectivity index (χ0) is 10.7. The zero-order valence-corrected chi connectivity index (χ0v) is 9.19. The third-order valence-corrected chi connectivity index (χ3v) is 3.17. The summed E-state index contributed by atoms with van der Waals surface area (Å²) in [5, 5.41) is 4.33. The van der Waals surface area contributed by atoms with Gasteiger partial charge in [-0.3, -0.25) is 4.68 Å². The lowest BCUT2D eigenvalue weighted by Gasteiger charge is -2.31. The van der Waals surface area contributed by atoms with Crippen molar-refractivity contribution in [2.24, 2.45) is 0 Å². The average molecular weight is 211 g/mol. The molecule has 1 aromatic rings. The normalized spacial score (nSPS) is 19.6. The molecule has 0 bridgehead atoms. The Labute approximate surface area is 89.9 Å². The highest BCUT2D eigenvalue weighted by atomic mass is 19.1. The van der Waals surface area contributed by atoms with Crippen LogP contribution in [0.2, 0.25) is 0 Å². The van der Waals surface area contributed by atoms with E-state index in [4.69, 9.17) is 0 Å². The van der Waals surface area contributed by atoms with Crippen molar-refractivity contribution in [2.45, 2.75) is 25.8 Å². The van der Waals surface area contributed by atoms with Crippen molar-refractivity contribution in [3.05, 3.63) is 18.0 Å². The molecule has 1 fully saturated rings. The largest absolute Gasteiger partial charge is 0.301 e. The topological polar surface area (TPSA) is 21.1 Å². The smallest absolute Gasteiger partial charge is 0.102 e. The van der Waals surface area contributed by atoms with Crippen molar-refractivity contribution >= 4 is 0 Å². The third-order valence-electron chi connectivity index (χ3n) is 3.17. The summed E-state index contributed by atoms with van der Waals surface area (Å²) in [6, 6.07) is 2.55. The van der Waals surface area contributed by atoms with Crippen LogP contribution in [-0.2, 0) is 0 Å². The number of nitrogens with zero attached hydrogens (tertiary/aromatic N) is 3. The van der Waals surface area contributed by atoms with Crippen LogP contribution in [-0.4, -0.2) is 41.0 Å². The highest BCUT2D eigenvalue weighted by Crippen LogP contribution is 2.22. The minimum absolute atomic E-state index is 0.231. The maximum atomic E-state index is 12.2. The summed E-state index contributed by atoms with van der Waals surface area (Å²) in [6.07, 6.45) is 4.02. The molecule has 2 heterocycles. The molecule has 0 saturated carbocycles. The Morgan fingerprint density at radius 3 is 2.73 bits per heavy atom. The van der Waals surface area contributed by atoms with Crippen LogP contribution in [0.15, 0.2) is 12.3 Å². The number of hydrogen-bond donors (Lipinski definition) is 0. The van der Waals surface area contributed by atoms with Crippen LogP contribution in [0.1, 0.15) is 24.6 Å². The van der Waals surface area contributed by atoms with E-state index < -0.39 is 0 Å². The van der Waals surface area contributed by atoms with Crippen molar-refractivity contribution in [3.63, 3.8) is 0 Å². The number of aryl methyl sites for hydroxylation is 1. The molecule has 1 aliphatic rings. The fourth-order valence-electron chi connectivity index (χ4n) is 2.27. The van der Waals surface area contributed by atoms with Crippen molar-refractivity contribution in [1.82, 2.24) is 14.7 Å². The third kappa shape index (κ3) is 2.37. The lowest BCUT2D eigenvalue weighted by Crippen LogP contribution is -2.36. The molecule has 0 aliphatic carbocycles. The number of halogens is 1. The van der Waals surface area contributed by atoms with Gasteiger partial charge in [-0.2, -0.15) is 5.10 Å². The van der Waals surface area contributed by atoms with E-state index in [2.05, 4.69) is 21.6 Å². The van der Waals surface area contributed by atoms with E-state index in [0.717, 1.165) is 25.9 Å². The summed E-state index contributed by atoms with van der Waals surface area (Å²) in [5.74, 6) is 0. The first-order chi connectivity index (χ1) is 7.31. The molecule has 0 spiro atoms. The van der Waals surface area contributed by atoms with Gasteiger partial charge in [0.25, 0.3) is 0 Å². The second-order valence-corrected chi connectivity index (χ2v) is 4.18. The van der Waals surface area contributed by atoms with Gasteiger partial charge in [0.05, 0.1) is 6.04 Å². The number of piperidine rings is 1. The molecular formula is C11H18FN3. The average Bonchev–Trinajstić information content (AvgIpc) is 2.66. The maximum absolute atomic E-state index is 12.2. The Morgan fingerprint density at radius 2 is 2.20 bits per heavy atom. The Kier molecular flexibility index (Phi) is 3.36. The monoisotopic (exact) mass is 211 g/mol. The number of aromatic nitrogens is 2. The van der Waals surface area contributed by atoms with E-state index in [9.17, 15) is 4.39 Å². The van der Waals surface area contributed by atoms with Crippen LogP contribution in [0.5, 0.6) is 0 Å². The van der Waals surface area contributed by atoms with E-state index >= 15 is 0 Å². The molecule has 0 unspecified atom stereocenters. The van der Waals surface area contributed by atoms with Crippen molar-refractivity contribution in [1.29, 1.82) is 0 Å². The van der Waals surface area contributed by atoms with Crippen LogP contribution in [0.25, 0.3) is 0 Å². The zero-order valence-electron chi connectivity index (χ0n) is 9.19. The molecule has 0 radical (unpaired) electrons. The predicted octanol–water partition coefficient (Wildman–Crippen LogP) is 1.80. The van der Waals surface area contributed by atoms with Gasteiger partial charge in [0.2, 0.25) is 0 Å². The lowest BCUT2D eigenvalue weighted by atomic mass is 10.1. The van der Waals surface area contributed by atoms with Gasteiger partial charge < -0.3 is 4.90 Å². The first-order valence-electron chi connectivity index (χ1n) is 5.59. The van der Waals surface area contributed by atoms with Crippen molar-refractivity contribution in [2.75, 3.05) is 26.3 Å². The standard InChI is InChI=1S/C11H18FN3/c1-10-2-6-13-15(10)11-3-7-14(8-4-11)9-5-12/h2,6,11H,3-5,7-9H2,1H3. The summed E-state index contributed by atoms with van der Waals surface area (Å²) < 4.78 is 14.3. The minimum atomic E-state index is -0.231.